The number of nitrogens with two attached hydrogens (primary N) is 1. The fraction of sp³-hybridized carbons (Fsp3) is 0.167. The van der Waals surface area contributed by atoms with Gasteiger partial charge in [0.2, 0.25) is 11.9 Å². The molecule has 0 bridgehead atoms. The Morgan fingerprint density at radius 1 is 1.50 bits per heavy atom. The molecule has 0 aliphatic rings. The molecule has 0 aliphatic heterocycles. The van der Waals surface area contributed by atoms with Crippen molar-refractivity contribution in [2.45, 2.75) is 11.7 Å². The number of anilines is 2. The molecule has 2 aromatic heterocycles. The number of aromatic nitrogens is 4. The van der Waals surface area contributed by atoms with Crippen molar-refractivity contribution in [1.82, 2.24) is 19.7 Å². The number of carbonyl (C=O) groups excluding carboxylic acids is 1. The number of thioether (sulfide) groups is 1. The Kier molecular flexibility index (Phi) is 4.19. The van der Waals surface area contributed by atoms with Crippen LogP contribution in [-0.2, 0) is 11.3 Å². The number of hydrogen-bond acceptors (Lipinski definition) is 7. The number of fused-ring (bicyclic) bond motifs is 1. The third-order valence-electron chi connectivity index (χ3n) is 2.83. The molecule has 3 rings (SSSR count). The zero-order valence-corrected chi connectivity index (χ0v) is 13.8. The Labute approximate surface area is 138 Å². The molecule has 1 aromatic carbocycles. The van der Waals surface area contributed by atoms with Gasteiger partial charge in [-0.2, -0.15) is 0 Å². The van der Waals surface area contributed by atoms with Crippen LogP contribution in [0.4, 0.5) is 11.1 Å². The standard InChI is InChI=1S/C12H11ClN6OS2/c1-21-12-18-17-10(14)19(12)5-9(20)16-11-15-7-3-2-6(13)4-8(7)22-11/h2-4H,5H2,1H3,(H2,14,17)(H,15,16,20). The van der Waals surface area contributed by atoms with Crippen LogP contribution in [0.3, 0.4) is 0 Å². The summed E-state index contributed by atoms with van der Waals surface area (Å²) in [6.07, 6.45) is 1.84. The fourth-order valence-corrected chi connectivity index (χ4v) is 3.51. The summed E-state index contributed by atoms with van der Waals surface area (Å²) in [7, 11) is 0. The molecule has 2 heterocycles. The summed E-state index contributed by atoms with van der Waals surface area (Å²) in [5.74, 6) is -0.0393. The smallest absolute Gasteiger partial charge is 0.246 e. The first-order chi connectivity index (χ1) is 10.6. The molecule has 7 nitrogen and oxygen atoms in total. The Morgan fingerprint density at radius 3 is 3.09 bits per heavy atom. The van der Waals surface area contributed by atoms with E-state index in [9.17, 15) is 4.79 Å². The lowest BCUT2D eigenvalue weighted by Crippen LogP contribution is -2.20. The minimum absolute atomic E-state index is 0.0334. The molecular formula is C12H11ClN6OS2. The summed E-state index contributed by atoms with van der Waals surface area (Å²) in [4.78, 5) is 16.5. The summed E-state index contributed by atoms with van der Waals surface area (Å²) in [6, 6.07) is 5.39. The van der Waals surface area contributed by atoms with Crippen molar-refractivity contribution in [2.75, 3.05) is 17.3 Å². The van der Waals surface area contributed by atoms with Gasteiger partial charge < -0.3 is 11.1 Å². The van der Waals surface area contributed by atoms with Gasteiger partial charge in [0.1, 0.15) is 6.54 Å². The summed E-state index contributed by atoms with van der Waals surface area (Å²) < 4.78 is 2.46. The average Bonchev–Trinajstić information content (AvgIpc) is 3.02. The molecule has 3 N–H and O–H groups in total. The normalized spacial score (nSPS) is 11.0. The predicted molar refractivity (Wildman–Crippen MR) is 89.5 cm³/mol. The molecule has 10 heteroatoms. The second kappa shape index (κ2) is 6.11. The Morgan fingerprint density at radius 2 is 2.32 bits per heavy atom. The zero-order chi connectivity index (χ0) is 15.7. The Bertz CT molecular complexity index is 845. The first kappa shape index (κ1) is 15.1. The van der Waals surface area contributed by atoms with Gasteiger partial charge in [-0.05, 0) is 24.5 Å². The molecular weight excluding hydrogens is 344 g/mol. The Balaban J connectivity index is 1.76. The zero-order valence-electron chi connectivity index (χ0n) is 11.4. The van der Waals surface area contributed by atoms with Crippen LogP contribution in [0.15, 0.2) is 23.4 Å². The second-order valence-electron chi connectivity index (χ2n) is 4.31. The van der Waals surface area contributed by atoms with E-state index in [4.69, 9.17) is 17.3 Å². The molecule has 0 saturated heterocycles. The molecule has 3 aromatic rings. The maximum absolute atomic E-state index is 12.1. The maximum atomic E-state index is 12.1. The SMILES string of the molecule is CSc1nnc(N)n1CC(=O)Nc1nc2ccc(Cl)cc2s1. The Hall–Kier alpha value is -1.84. The van der Waals surface area contributed by atoms with Crippen molar-refractivity contribution >= 4 is 61.9 Å². The quantitative estimate of drug-likeness (QED) is 0.698. The second-order valence-corrected chi connectivity index (χ2v) is 6.55. The summed E-state index contributed by atoms with van der Waals surface area (Å²) in [6.45, 7) is 0.0334. The van der Waals surface area contributed by atoms with Gasteiger partial charge in [0.25, 0.3) is 0 Å². The van der Waals surface area contributed by atoms with Gasteiger partial charge in [-0.1, -0.05) is 34.7 Å². The van der Waals surface area contributed by atoms with Crippen molar-refractivity contribution in [3.8, 4) is 0 Å². The van der Waals surface area contributed by atoms with Gasteiger partial charge in [0, 0.05) is 5.02 Å². The number of carbonyl (C=O) groups is 1. The number of nitrogen functional groups attached to an aromatic ring is 1. The maximum Gasteiger partial charge on any atom is 0.246 e. The van der Waals surface area contributed by atoms with Gasteiger partial charge in [0.05, 0.1) is 10.2 Å². The van der Waals surface area contributed by atoms with E-state index in [1.165, 1.54) is 23.1 Å². The molecule has 114 valence electrons. The molecule has 0 atom stereocenters. The summed E-state index contributed by atoms with van der Waals surface area (Å²) >= 11 is 8.67. The first-order valence-electron chi connectivity index (χ1n) is 6.15. The lowest BCUT2D eigenvalue weighted by Gasteiger charge is -2.05. The van der Waals surface area contributed by atoms with E-state index in [0.29, 0.717) is 15.3 Å². The first-order valence-corrected chi connectivity index (χ1v) is 8.57. The van der Waals surface area contributed by atoms with Crippen molar-refractivity contribution in [3.63, 3.8) is 0 Å². The molecule has 0 radical (unpaired) electrons. The molecule has 0 saturated carbocycles. The number of nitrogens with one attached hydrogen (secondary N) is 1. The van der Waals surface area contributed by atoms with E-state index in [-0.39, 0.29) is 18.4 Å². The highest BCUT2D eigenvalue weighted by atomic mass is 35.5. The molecule has 1 amide bonds. The van der Waals surface area contributed by atoms with Crippen LogP contribution in [0, 0.1) is 0 Å². The topological polar surface area (TPSA) is 98.7 Å². The number of rotatable bonds is 4. The van der Waals surface area contributed by atoms with Crippen LogP contribution < -0.4 is 11.1 Å². The van der Waals surface area contributed by atoms with Gasteiger partial charge in [-0.15, -0.1) is 10.2 Å². The van der Waals surface area contributed by atoms with Crippen LogP contribution in [-0.4, -0.2) is 31.9 Å². The van der Waals surface area contributed by atoms with Crippen LogP contribution in [0.2, 0.25) is 5.02 Å². The highest BCUT2D eigenvalue weighted by molar-refractivity contribution is 7.98. The van der Waals surface area contributed by atoms with E-state index < -0.39 is 0 Å². The van der Waals surface area contributed by atoms with Gasteiger partial charge >= 0.3 is 0 Å². The van der Waals surface area contributed by atoms with Crippen LogP contribution in [0.5, 0.6) is 0 Å². The predicted octanol–water partition coefficient (Wildman–Crippen LogP) is 2.48. The van der Waals surface area contributed by atoms with Crippen molar-refractivity contribution in [1.29, 1.82) is 0 Å². The summed E-state index contributed by atoms with van der Waals surface area (Å²) in [5.41, 5.74) is 6.49. The van der Waals surface area contributed by atoms with Crippen LogP contribution in [0.25, 0.3) is 10.2 Å². The molecule has 0 aliphatic carbocycles. The number of hydrogen-bond donors (Lipinski definition) is 2. The van der Waals surface area contributed by atoms with E-state index in [1.54, 1.807) is 10.6 Å². The number of benzene rings is 1. The molecule has 0 unspecified atom stereocenters. The van der Waals surface area contributed by atoms with E-state index in [0.717, 1.165) is 10.2 Å². The minimum atomic E-state index is -0.244. The number of thiazole rings is 1. The van der Waals surface area contributed by atoms with Crippen LogP contribution >= 0.6 is 34.7 Å². The third-order valence-corrected chi connectivity index (χ3v) is 4.66. The summed E-state index contributed by atoms with van der Waals surface area (Å²) in [5, 5.41) is 12.1. The highest BCUT2D eigenvalue weighted by Gasteiger charge is 2.14. The van der Waals surface area contributed by atoms with Gasteiger partial charge in [-0.3, -0.25) is 9.36 Å². The fourth-order valence-electron chi connectivity index (χ4n) is 1.85. The van der Waals surface area contributed by atoms with Crippen molar-refractivity contribution in [3.05, 3.63) is 23.2 Å². The molecule has 0 spiro atoms. The van der Waals surface area contributed by atoms with Gasteiger partial charge in [0.15, 0.2) is 10.3 Å². The van der Waals surface area contributed by atoms with E-state index >= 15 is 0 Å². The lowest BCUT2D eigenvalue weighted by atomic mass is 10.3. The molecule has 22 heavy (non-hydrogen) atoms. The number of halogens is 1. The van der Waals surface area contributed by atoms with Crippen LogP contribution in [0.1, 0.15) is 0 Å². The van der Waals surface area contributed by atoms with Crippen molar-refractivity contribution < 1.29 is 4.79 Å². The van der Waals surface area contributed by atoms with Gasteiger partial charge in [-0.25, -0.2) is 4.98 Å². The monoisotopic (exact) mass is 354 g/mol. The lowest BCUT2D eigenvalue weighted by molar-refractivity contribution is -0.116. The van der Waals surface area contributed by atoms with E-state index in [2.05, 4.69) is 20.5 Å². The minimum Gasteiger partial charge on any atom is -0.368 e. The van der Waals surface area contributed by atoms with Crippen molar-refractivity contribution in [2.24, 2.45) is 0 Å². The van der Waals surface area contributed by atoms with E-state index in [1.807, 2.05) is 18.4 Å². The number of nitrogens with zero attached hydrogens (tertiary/aromatic N) is 4. The third kappa shape index (κ3) is 3.01. The molecule has 0 fully saturated rings. The highest BCUT2D eigenvalue weighted by Crippen LogP contribution is 2.28. The largest absolute Gasteiger partial charge is 0.368 e. The number of amides is 1. The average molecular weight is 355 g/mol.